The third-order valence-corrected chi connectivity index (χ3v) is 19.4. The first-order valence-electron chi connectivity index (χ1n) is 6.75. The minimum Gasteiger partial charge on any atom is -0.449 e. The SMILES string of the molecule is C=C(C)C(=O)OC(CCO[Si](C)(C)[Si](C)(C)C)C(F)(F)F. The fourth-order valence-electron chi connectivity index (χ4n) is 1.16. The van der Waals surface area contributed by atoms with Crippen LogP contribution in [-0.4, -0.2) is 40.3 Å². The Kier molecular flexibility index (Phi) is 6.90. The number of ether oxygens (including phenoxy) is 1. The van der Waals surface area contributed by atoms with Gasteiger partial charge in [-0.1, -0.05) is 26.2 Å². The van der Waals surface area contributed by atoms with Crippen molar-refractivity contribution in [3.8, 4) is 0 Å². The fourth-order valence-corrected chi connectivity index (χ4v) is 3.82. The summed E-state index contributed by atoms with van der Waals surface area (Å²) >= 11 is 0. The molecule has 1 atom stereocenters. The highest BCUT2D eigenvalue weighted by molar-refractivity contribution is 7.37. The van der Waals surface area contributed by atoms with Crippen LogP contribution in [0.15, 0.2) is 12.2 Å². The average Bonchev–Trinajstić information content (AvgIpc) is 2.24. The molecule has 124 valence electrons. The van der Waals surface area contributed by atoms with Gasteiger partial charge in [0.25, 0.3) is 0 Å². The van der Waals surface area contributed by atoms with Crippen LogP contribution in [0.4, 0.5) is 13.2 Å². The molecule has 0 rings (SSSR count). The molecule has 0 spiro atoms. The van der Waals surface area contributed by atoms with Crippen LogP contribution in [0.5, 0.6) is 0 Å². The van der Waals surface area contributed by atoms with Crippen LogP contribution < -0.4 is 0 Å². The number of halogens is 3. The summed E-state index contributed by atoms with van der Waals surface area (Å²) in [5.41, 5.74) is -0.0537. The minimum absolute atomic E-state index is 0.0537. The lowest BCUT2D eigenvalue weighted by Crippen LogP contribution is -2.55. The molecule has 0 fully saturated rings. The largest absolute Gasteiger partial charge is 0.449 e. The molecule has 0 aliphatic carbocycles. The third kappa shape index (κ3) is 6.79. The summed E-state index contributed by atoms with van der Waals surface area (Å²) < 4.78 is 48.8. The lowest BCUT2D eigenvalue weighted by molar-refractivity contribution is -0.221. The van der Waals surface area contributed by atoms with Crippen molar-refractivity contribution < 1.29 is 27.1 Å². The van der Waals surface area contributed by atoms with E-state index in [0.717, 1.165) is 0 Å². The summed E-state index contributed by atoms with van der Waals surface area (Å²) in [5, 5.41) is 0. The van der Waals surface area contributed by atoms with Gasteiger partial charge < -0.3 is 9.16 Å². The maximum absolute atomic E-state index is 12.9. The Balaban J connectivity index is 4.66. The van der Waals surface area contributed by atoms with E-state index in [9.17, 15) is 18.0 Å². The van der Waals surface area contributed by atoms with E-state index in [1.807, 2.05) is 13.1 Å². The zero-order chi connectivity index (χ0) is 17.1. The molecule has 0 bridgehead atoms. The minimum atomic E-state index is -4.60. The van der Waals surface area contributed by atoms with Gasteiger partial charge in [0.2, 0.25) is 0 Å². The van der Waals surface area contributed by atoms with Gasteiger partial charge in [0.05, 0.1) is 7.59 Å². The first-order valence-corrected chi connectivity index (χ1v) is 14.2. The van der Waals surface area contributed by atoms with Crippen LogP contribution in [0.2, 0.25) is 32.7 Å². The number of hydrogen-bond acceptors (Lipinski definition) is 3. The number of alkyl halides is 3. The molecular formula is C13H25F3O3Si2. The Labute approximate surface area is 126 Å². The predicted molar refractivity (Wildman–Crippen MR) is 82.1 cm³/mol. The molecule has 0 amide bonds. The molecule has 0 aromatic rings. The third-order valence-electron chi connectivity index (χ3n) is 3.61. The highest BCUT2D eigenvalue weighted by Crippen LogP contribution is 2.27. The molecule has 0 aromatic carbocycles. The predicted octanol–water partition coefficient (Wildman–Crippen LogP) is 4.07. The quantitative estimate of drug-likeness (QED) is 0.397. The zero-order valence-corrected chi connectivity index (χ0v) is 15.6. The van der Waals surface area contributed by atoms with Crippen molar-refractivity contribution >= 4 is 21.4 Å². The van der Waals surface area contributed by atoms with Gasteiger partial charge in [-0.3, -0.25) is 0 Å². The molecule has 0 N–H and O–H groups in total. The Hall–Kier alpha value is -0.606. The van der Waals surface area contributed by atoms with Crippen molar-refractivity contribution in [3.63, 3.8) is 0 Å². The van der Waals surface area contributed by atoms with Crippen molar-refractivity contribution in [1.29, 1.82) is 0 Å². The second kappa shape index (κ2) is 7.10. The van der Waals surface area contributed by atoms with E-state index in [-0.39, 0.29) is 18.6 Å². The van der Waals surface area contributed by atoms with Crippen molar-refractivity contribution in [2.45, 2.75) is 58.4 Å². The molecule has 0 saturated carbocycles. The summed E-state index contributed by atoms with van der Waals surface area (Å²) in [6, 6.07) is 0. The molecule has 0 heterocycles. The average molecular weight is 343 g/mol. The van der Waals surface area contributed by atoms with Gasteiger partial charge in [0.15, 0.2) is 13.9 Å². The van der Waals surface area contributed by atoms with E-state index < -0.39 is 33.7 Å². The smallest absolute Gasteiger partial charge is 0.425 e. The van der Waals surface area contributed by atoms with Gasteiger partial charge in [-0.2, -0.15) is 13.2 Å². The van der Waals surface area contributed by atoms with Gasteiger partial charge in [-0.05, 0) is 20.0 Å². The van der Waals surface area contributed by atoms with Crippen LogP contribution >= 0.6 is 0 Å². The number of hydrogen-bond donors (Lipinski definition) is 0. The molecule has 0 saturated heterocycles. The van der Waals surface area contributed by atoms with Crippen molar-refractivity contribution in [2.75, 3.05) is 6.61 Å². The first kappa shape index (κ1) is 20.4. The standard InChI is InChI=1S/C13H25F3O3Si2/c1-10(2)12(17)19-11(13(14,15)16)8-9-18-21(6,7)20(3,4)5/h11H,1,8-9H2,2-7H3. The van der Waals surface area contributed by atoms with E-state index in [0.29, 0.717) is 0 Å². The first-order chi connectivity index (χ1) is 9.18. The van der Waals surface area contributed by atoms with Crippen LogP contribution in [-0.2, 0) is 14.0 Å². The number of esters is 1. The van der Waals surface area contributed by atoms with E-state index in [4.69, 9.17) is 4.43 Å². The number of carbonyl (C=O) groups excluding carboxylic acids is 1. The Morgan fingerprint density at radius 3 is 2.00 bits per heavy atom. The van der Waals surface area contributed by atoms with Gasteiger partial charge in [-0.15, -0.1) is 0 Å². The van der Waals surface area contributed by atoms with E-state index in [2.05, 4.69) is 31.0 Å². The summed E-state index contributed by atoms with van der Waals surface area (Å²) in [6.45, 7) is 15.0. The van der Waals surface area contributed by atoms with Crippen molar-refractivity contribution in [2.24, 2.45) is 0 Å². The van der Waals surface area contributed by atoms with Gasteiger partial charge in [0.1, 0.15) is 0 Å². The van der Waals surface area contributed by atoms with Gasteiger partial charge >= 0.3 is 12.1 Å². The topological polar surface area (TPSA) is 35.5 Å². The summed E-state index contributed by atoms with van der Waals surface area (Å²) in [5.74, 6) is -1.03. The van der Waals surface area contributed by atoms with Crippen molar-refractivity contribution in [3.05, 3.63) is 12.2 Å². The molecule has 0 aliphatic rings. The number of carbonyl (C=O) groups is 1. The summed E-state index contributed by atoms with van der Waals surface area (Å²) in [6.07, 6.45) is -7.13. The molecule has 1 unspecified atom stereocenters. The van der Waals surface area contributed by atoms with E-state index >= 15 is 0 Å². The molecule has 0 aliphatic heterocycles. The second-order valence-electron chi connectivity index (χ2n) is 6.61. The lowest BCUT2D eigenvalue weighted by Gasteiger charge is -2.35. The normalized spacial score (nSPS) is 14.7. The van der Waals surface area contributed by atoms with E-state index in [1.54, 1.807) is 0 Å². The monoisotopic (exact) mass is 342 g/mol. The Bertz CT molecular complexity index is 387. The highest BCUT2D eigenvalue weighted by Gasteiger charge is 2.44. The van der Waals surface area contributed by atoms with Crippen LogP contribution in [0.25, 0.3) is 0 Å². The summed E-state index contributed by atoms with van der Waals surface area (Å²) in [7, 11) is -3.52. The van der Waals surface area contributed by atoms with Crippen molar-refractivity contribution in [1.82, 2.24) is 0 Å². The zero-order valence-electron chi connectivity index (χ0n) is 13.6. The van der Waals surface area contributed by atoms with E-state index in [1.165, 1.54) is 6.92 Å². The molecule has 3 nitrogen and oxygen atoms in total. The molecule has 8 heteroatoms. The van der Waals surface area contributed by atoms with Gasteiger partial charge in [-0.25, -0.2) is 4.79 Å². The number of rotatable bonds is 7. The van der Waals surface area contributed by atoms with Crippen LogP contribution in [0, 0.1) is 0 Å². The maximum Gasteiger partial charge on any atom is 0.425 e. The van der Waals surface area contributed by atoms with Crippen LogP contribution in [0.3, 0.4) is 0 Å². The molecular weight excluding hydrogens is 317 g/mol. The van der Waals surface area contributed by atoms with Crippen LogP contribution in [0.1, 0.15) is 13.3 Å². The van der Waals surface area contributed by atoms with Gasteiger partial charge in [0, 0.05) is 18.6 Å². The fraction of sp³-hybridized carbons (Fsp3) is 0.769. The molecule has 0 radical (unpaired) electrons. The Morgan fingerprint density at radius 2 is 1.67 bits per heavy atom. The highest BCUT2D eigenvalue weighted by atomic mass is 29.3. The lowest BCUT2D eigenvalue weighted by atomic mass is 10.2. The summed E-state index contributed by atoms with van der Waals surface area (Å²) in [4.78, 5) is 11.3. The molecule has 21 heavy (non-hydrogen) atoms. The maximum atomic E-state index is 12.9. The molecule has 0 aromatic heterocycles. The second-order valence-corrected chi connectivity index (χ2v) is 22.5. The Morgan fingerprint density at radius 1 is 1.19 bits per heavy atom.